The Kier molecular flexibility index (Phi) is 4.32. The molecule has 0 bridgehead atoms. The van der Waals surface area contributed by atoms with Crippen molar-refractivity contribution in [2.45, 2.75) is 20.3 Å². The average Bonchev–Trinajstić information content (AvgIpc) is 3.20. The van der Waals surface area contributed by atoms with Crippen molar-refractivity contribution in [2.24, 2.45) is 0 Å². The summed E-state index contributed by atoms with van der Waals surface area (Å²) in [5, 5.41) is 19.1. The normalized spacial score (nSPS) is 14.4. The van der Waals surface area contributed by atoms with E-state index in [-0.39, 0.29) is 18.1 Å². The lowest BCUT2D eigenvalue weighted by molar-refractivity contribution is 0.317. The number of hydrogen-bond donors (Lipinski definition) is 3. The van der Waals surface area contributed by atoms with Gasteiger partial charge in [0.15, 0.2) is 0 Å². The van der Waals surface area contributed by atoms with Crippen LogP contribution in [0.25, 0.3) is 16.6 Å². The van der Waals surface area contributed by atoms with Gasteiger partial charge in [0.1, 0.15) is 23.2 Å². The number of aryl methyl sites for hydroxylation is 1. The zero-order valence-electron chi connectivity index (χ0n) is 15.4. The summed E-state index contributed by atoms with van der Waals surface area (Å²) in [6.45, 7) is 5.01. The lowest BCUT2D eigenvalue weighted by Crippen LogP contribution is -2.26. The molecule has 4 rings (SSSR count). The number of hydrogen-bond acceptors (Lipinski definition) is 4. The van der Waals surface area contributed by atoms with Crippen molar-refractivity contribution in [3.63, 3.8) is 0 Å². The second-order valence-electron chi connectivity index (χ2n) is 6.70. The van der Waals surface area contributed by atoms with Crippen LogP contribution in [-0.2, 0) is 0 Å². The Bertz CT molecular complexity index is 1030. The topological polar surface area (TPSA) is 85.2 Å². The minimum atomic E-state index is 0.141. The molecule has 1 aliphatic rings. The molecular formula is C21H22N4O2. The van der Waals surface area contributed by atoms with Crippen molar-refractivity contribution in [1.82, 2.24) is 9.97 Å². The van der Waals surface area contributed by atoms with Gasteiger partial charge in [-0.15, -0.1) is 0 Å². The molecule has 3 aromatic rings. The highest BCUT2D eigenvalue weighted by Gasteiger charge is 2.31. The number of imidazole rings is 1. The van der Waals surface area contributed by atoms with Gasteiger partial charge in [0.2, 0.25) is 0 Å². The number of H-pyrrole nitrogens is 1. The van der Waals surface area contributed by atoms with E-state index in [1.54, 1.807) is 4.90 Å². The molecule has 6 heteroatoms. The van der Waals surface area contributed by atoms with Crippen LogP contribution in [0.3, 0.4) is 0 Å². The fourth-order valence-corrected chi connectivity index (χ4v) is 3.23. The first-order chi connectivity index (χ1) is 13.1. The number of aromatic nitrogens is 2. The molecule has 0 unspecified atom stereocenters. The maximum absolute atomic E-state index is 10.5. The predicted molar refractivity (Wildman–Crippen MR) is 108 cm³/mol. The molecule has 6 nitrogen and oxygen atoms in total. The lowest BCUT2D eigenvalue weighted by atomic mass is 10.2. The van der Waals surface area contributed by atoms with E-state index in [1.165, 1.54) is 0 Å². The number of aromatic amines is 1. The highest BCUT2D eigenvalue weighted by molar-refractivity contribution is 6.30. The van der Waals surface area contributed by atoms with E-state index in [2.05, 4.69) is 16.9 Å². The van der Waals surface area contributed by atoms with E-state index < -0.39 is 0 Å². The molecule has 1 aliphatic heterocycles. The molecule has 0 saturated heterocycles. The molecule has 0 atom stereocenters. The van der Waals surface area contributed by atoms with Gasteiger partial charge in [-0.2, -0.15) is 0 Å². The number of ether oxygens (including phenoxy) is 1. The van der Waals surface area contributed by atoms with Crippen LogP contribution in [0.5, 0.6) is 5.75 Å². The van der Waals surface area contributed by atoms with E-state index in [4.69, 9.17) is 10.1 Å². The second-order valence-corrected chi connectivity index (χ2v) is 6.70. The third kappa shape index (κ3) is 3.14. The highest BCUT2D eigenvalue weighted by Crippen LogP contribution is 2.31. The molecule has 0 saturated carbocycles. The van der Waals surface area contributed by atoms with Crippen LogP contribution in [-0.4, -0.2) is 34.1 Å². The predicted octanol–water partition coefficient (Wildman–Crippen LogP) is 4.43. The third-order valence-corrected chi connectivity index (χ3v) is 4.60. The Labute approximate surface area is 157 Å². The van der Waals surface area contributed by atoms with Gasteiger partial charge in [0.05, 0.1) is 29.8 Å². The van der Waals surface area contributed by atoms with E-state index in [9.17, 15) is 5.11 Å². The maximum Gasteiger partial charge on any atom is 0.145 e. The largest absolute Gasteiger partial charge is 0.509 e. The molecule has 2 aromatic carbocycles. The van der Waals surface area contributed by atoms with E-state index in [1.807, 2.05) is 49.4 Å². The third-order valence-electron chi connectivity index (χ3n) is 4.60. The van der Waals surface area contributed by atoms with Crippen molar-refractivity contribution >= 4 is 28.1 Å². The number of benzene rings is 2. The van der Waals surface area contributed by atoms with E-state index in [0.29, 0.717) is 18.0 Å². The number of rotatable bonds is 5. The average molecular weight is 362 g/mol. The fraction of sp³-hybridized carbons (Fsp3) is 0.238. The Morgan fingerprint density at radius 1 is 1.22 bits per heavy atom. The summed E-state index contributed by atoms with van der Waals surface area (Å²) in [7, 11) is 0. The minimum Gasteiger partial charge on any atom is -0.509 e. The van der Waals surface area contributed by atoms with Crippen molar-refractivity contribution in [3.8, 4) is 5.75 Å². The molecule has 0 spiro atoms. The maximum atomic E-state index is 10.5. The molecule has 1 aromatic heterocycles. The quantitative estimate of drug-likeness (QED) is 0.627. The highest BCUT2D eigenvalue weighted by atomic mass is 16.5. The van der Waals surface area contributed by atoms with Crippen LogP contribution in [0.4, 0.5) is 5.69 Å². The van der Waals surface area contributed by atoms with Crippen LogP contribution < -0.4 is 9.64 Å². The van der Waals surface area contributed by atoms with Crippen LogP contribution in [0.1, 0.15) is 24.7 Å². The van der Waals surface area contributed by atoms with Gasteiger partial charge in [-0.1, -0.05) is 13.0 Å². The Hall–Kier alpha value is -3.28. The van der Waals surface area contributed by atoms with Gasteiger partial charge >= 0.3 is 0 Å². The Morgan fingerprint density at radius 3 is 2.74 bits per heavy atom. The van der Waals surface area contributed by atoms with E-state index >= 15 is 0 Å². The van der Waals surface area contributed by atoms with Gasteiger partial charge in [-0.05, 0) is 55.3 Å². The van der Waals surface area contributed by atoms with Gasteiger partial charge in [-0.3, -0.25) is 5.41 Å². The summed E-state index contributed by atoms with van der Waals surface area (Å²) >= 11 is 0. The van der Waals surface area contributed by atoms with Gasteiger partial charge < -0.3 is 19.7 Å². The van der Waals surface area contributed by atoms with Crippen molar-refractivity contribution in [2.75, 3.05) is 18.1 Å². The first-order valence-corrected chi connectivity index (χ1v) is 9.05. The molecule has 0 fully saturated rings. The van der Waals surface area contributed by atoms with Gasteiger partial charge in [0.25, 0.3) is 0 Å². The van der Waals surface area contributed by atoms with Gasteiger partial charge in [0, 0.05) is 5.69 Å². The number of anilines is 1. The number of aliphatic hydroxyl groups excluding tert-OH is 1. The molecule has 2 heterocycles. The number of fused-ring (bicyclic) bond motifs is 1. The summed E-state index contributed by atoms with van der Waals surface area (Å²) < 4.78 is 5.61. The standard InChI is InChI=1S/C21H22N4O2/c1-3-10-27-15-7-5-14(6-8-15)25-12-18(26)19(20(25)22)21-23-16-9-4-13(2)11-17(16)24-21/h4-9,11,22,26H,3,10,12H2,1-2H3,(H,23,24). The number of nitrogens with one attached hydrogen (secondary N) is 2. The zero-order chi connectivity index (χ0) is 19.0. The van der Waals surface area contributed by atoms with Crippen molar-refractivity contribution in [1.29, 1.82) is 5.41 Å². The first kappa shape index (κ1) is 17.1. The zero-order valence-corrected chi connectivity index (χ0v) is 15.4. The molecule has 0 amide bonds. The van der Waals surface area contributed by atoms with E-state index in [0.717, 1.165) is 34.5 Å². The number of aliphatic hydroxyl groups is 1. The summed E-state index contributed by atoms with van der Waals surface area (Å²) in [4.78, 5) is 9.54. The van der Waals surface area contributed by atoms with Crippen LogP contribution in [0, 0.1) is 12.3 Å². The molecule has 0 radical (unpaired) electrons. The summed E-state index contributed by atoms with van der Waals surface area (Å²) in [6, 6.07) is 13.5. The number of nitrogens with zero attached hydrogens (tertiary/aromatic N) is 2. The molecular weight excluding hydrogens is 340 g/mol. The molecule has 27 heavy (non-hydrogen) atoms. The van der Waals surface area contributed by atoms with Gasteiger partial charge in [-0.25, -0.2) is 4.98 Å². The second kappa shape index (κ2) is 6.79. The number of amidine groups is 1. The smallest absolute Gasteiger partial charge is 0.145 e. The van der Waals surface area contributed by atoms with Crippen LogP contribution in [0.2, 0.25) is 0 Å². The monoisotopic (exact) mass is 362 g/mol. The Balaban J connectivity index is 1.60. The fourth-order valence-electron chi connectivity index (χ4n) is 3.23. The van der Waals surface area contributed by atoms with Crippen molar-refractivity contribution in [3.05, 3.63) is 59.6 Å². The van der Waals surface area contributed by atoms with Crippen molar-refractivity contribution < 1.29 is 9.84 Å². The minimum absolute atomic E-state index is 0.141. The van der Waals surface area contributed by atoms with Crippen LogP contribution >= 0.6 is 0 Å². The molecule has 0 aliphatic carbocycles. The van der Waals surface area contributed by atoms with Crippen LogP contribution in [0.15, 0.2) is 48.2 Å². The first-order valence-electron chi connectivity index (χ1n) is 9.05. The summed E-state index contributed by atoms with van der Waals surface area (Å²) in [6.07, 6.45) is 0.955. The summed E-state index contributed by atoms with van der Waals surface area (Å²) in [5.74, 6) is 1.69. The molecule has 3 N–H and O–H groups in total. The Morgan fingerprint density at radius 2 is 2.00 bits per heavy atom. The lowest BCUT2D eigenvalue weighted by Gasteiger charge is -2.19. The SMILES string of the molecule is CCCOc1ccc(N2CC(O)=C(c3nc4ccc(C)cc4[nH]3)C2=N)cc1. The summed E-state index contributed by atoms with van der Waals surface area (Å²) in [5.41, 5.74) is 4.12. The molecule has 138 valence electrons.